The smallest absolute Gasteiger partial charge is 0.398 e. The van der Waals surface area contributed by atoms with E-state index in [-0.39, 0.29) is 0 Å². The molecule has 0 spiro atoms. The minimum atomic E-state index is -7.50. The summed E-state index contributed by atoms with van der Waals surface area (Å²) < 4.78 is 176. The monoisotopic (exact) mass is 444 g/mol. The van der Waals surface area contributed by atoms with Crippen LogP contribution in [0.4, 0.5) is 57.1 Å². The highest BCUT2D eigenvalue weighted by Crippen LogP contribution is 2.63. The topological polar surface area (TPSA) is 76.0 Å². The van der Waals surface area contributed by atoms with Crippen LogP contribution in [0, 0.1) is 0 Å². The van der Waals surface area contributed by atoms with Gasteiger partial charge in [0, 0.05) is 0 Å². The summed E-state index contributed by atoms with van der Waals surface area (Å²) in [6.45, 7) is 0. The third-order valence-electron chi connectivity index (χ3n) is 2.09. The Morgan fingerprint density at radius 3 is 1.42 bits per heavy atom. The van der Waals surface area contributed by atoms with Crippen LogP contribution in [0.3, 0.4) is 0 Å². The van der Waals surface area contributed by atoms with Crippen LogP contribution in [0.15, 0.2) is 12.1 Å². The second-order valence-electron chi connectivity index (χ2n) is 3.95. The third-order valence-corrected chi connectivity index (χ3v) is 3.08. The molecule has 2 N–H and O–H groups in total. The van der Waals surface area contributed by atoms with Crippen LogP contribution in [-0.4, -0.2) is 39.7 Å². The van der Waals surface area contributed by atoms with Gasteiger partial charge in [0.15, 0.2) is 0 Å². The van der Waals surface area contributed by atoms with Crippen molar-refractivity contribution in [3.63, 3.8) is 0 Å². The maximum absolute atomic E-state index is 13.4. The van der Waals surface area contributed by atoms with Gasteiger partial charge in [0.05, 0.1) is 0 Å². The first-order valence-corrected chi connectivity index (χ1v) is 6.69. The van der Waals surface area contributed by atoms with Crippen molar-refractivity contribution in [3.05, 3.63) is 12.1 Å². The molecule has 5 nitrogen and oxygen atoms in total. The van der Waals surface area contributed by atoms with Crippen LogP contribution >= 0.6 is 7.60 Å². The average molecular weight is 444 g/mol. The highest BCUT2D eigenvalue weighted by molar-refractivity contribution is 7.53. The molecule has 0 rings (SSSR count). The fraction of sp³-hybridized carbons (Fsp3) is 0.714. The molecule has 0 radical (unpaired) electrons. The Hall–Kier alpha value is -1.26. The molecule has 0 saturated heterocycles. The first-order valence-electron chi connectivity index (χ1n) is 5.08. The molecular weight excluding hydrogens is 442 g/mol. The average Bonchev–Trinajstić information content (AvgIpc) is 2.34. The van der Waals surface area contributed by atoms with Crippen LogP contribution < -0.4 is 0 Å². The molecular formula is C7H2F13O5P. The van der Waals surface area contributed by atoms with Crippen LogP contribution in [0.1, 0.15) is 0 Å². The van der Waals surface area contributed by atoms with Gasteiger partial charge in [-0.15, -0.1) is 0 Å². The molecule has 0 aliphatic rings. The molecule has 26 heavy (non-hydrogen) atoms. The predicted molar refractivity (Wildman–Crippen MR) is 49.3 cm³/mol. The lowest BCUT2D eigenvalue weighted by Crippen LogP contribution is -2.63. The summed E-state index contributed by atoms with van der Waals surface area (Å²) in [6, 6.07) is -3.94. The molecule has 0 aliphatic carbocycles. The number of ether oxygens (including phenoxy) is 2. The third kappa shape index (κ3) is 4.34. The van der Waals surface area contributed by atoms with Crippen molar-refractivity contribution < 1.29 is 80.9 Å². The molecule has 0 heterocycles. The zero-order chi connectivity index (χ0) is 21.6. The van der Waals surface area contributed by atoms with Gasteiger partial charge in [-0.2, -0.15) is 57.1 Å². The molecule has 0 aromatic carbocycles. The molecule has 1 unspecified atom stereocenters. The fourth-order valence-corrected chi connectivity index (χ4v) is 1.29. The van der Waals surface area contributed by atoms with E-state index < -0.39 is 49.6 Å². The van der Waals surface area contributed by atoms with Crippen molar-refractivity contribution in [1.29, 1.82) is 0 Å². The summed E-state index contributed by atoms with van der Waals surface area (Å²) in [4.78, 5) is 15.8. The van der Waals surface area contributed by atoms with Gasteiger partial charge in [-0.05, 0) is 0 Å². The molecule has 0 aromatic heterocycles. The van der Waals surface area contributed by atoms with Crippen molar-refractivity contribution in [1.82, 2.24) is 0 Å². The van der Waals surface area contributed by atoms with Crippen LogP contribution in [-0.2, 0) is 14.0 Å². The first-order chi connectivity index (χ1) is 11.0. The lowest BCUT2D eigenvalue weighted by Gasteiger charge is -2.37. The Kier molecular flexibility index (Phi) is 6.39. The Bertz CT molecular complexity index is 604. The van der Waals surface area contributed by atoms with Gasteiger partial charge in [0.1, 0.15) is 0 Å². The molecule has 156 valence electrons. The molecule has 19 heteroatoms. The Labute approximate surface area is 132 Å². The summed E-state index contributed by atoms with van der Waals surface area (Å²) in [7, 11) is -7.46. The minimum Gasteiger partial charge on any atom is -0.398 e. The zero-order valence-corrected chi connectivity index (χ0v) is 11.9. The van der Waals surface area contributed by atoms with Crippen LogP contribution in [0.2, 0.25) is 0 Å². The predicted octanol–water partition coefficient (Wildman–Crippen LogP) is 4.24. The van der Waals surface area contributed by atoms with Crippen LogP contribution in [0.25, 0.3) is 0 Å². The normalized spacial score (nSPS) is 16.9. The second-order valence-corrected chi connectivity index (χ2v) is 5.60. The summed E-state index contributed by atoms with van der Waals surface area (Å²) >= 11 is 0. The van der Waals surface area contributed by atoms with E-state index in [9.17, 15) is 61.6 Å². The van der Waals surface area contributed by atoms with E-state index in [4.69, 9.17) is 9.79 Å². The van der Waals surface area contributed by atoms with Crippen molar-refractivity contribution in [2.24, 2.45) is 0 Å². The maximum atomic E-state index is 13.4. The molecule has 0 saturated carbocycles. The zero-order valence-electron chi connectivity index (χ0n) is 11.0. The number of alkyl halides is 10. The SMILES string of the molecule is O=P(O)(O)C(F)(F)C(F)(F)OC(F)(C(F)(F)F)C(F)(F)OC(F)=C(F)F. The van der Waals surface area contributed by atoms with Gasteiger partial charge in [-0.3, -0.25) is 9.30 Å². The van der Waals surface area contributed by atoms with Gasteiger partial charge in [0.25, 0.3) is 0 Å². The van der Waals surface area contributed by atoms with Gasteiger partial charge in [-0.25, -0.2) is 0 Å². The highest BCUT2D eigenvalue weighted by atomic mass is 31.2. The largest absolute Gasteiger partial charge is 0.471 e. The van der Waals surface area contributed by atoms with Crippen LogP contribution in [0.5, 0.6) is 0 Å². The molecule has 0 amide bonds. The molecule has 0 bridgehead atoms. The quantitative estimate of drug-likeness (QED) is 0.349. The summed E-state index contributed by atoms with van der Waals surface area (Å²) in [5.41, 5.74) is -7.02. The van der Waals surface area contributed by atoms with Crippen molar-refractivity contribution in [3.8, 4) is 0 Å². The van der Waals surface area contributed by atoms with E-state index in [2.05, 4.69) is 0 Å². The van der Waals surface area contributed by atoms with E-state index in [0.717, 1.165) is 0 Å². The summed E-state index contributed by atoms with van der Waals surface area (Å²) in [6.07, 6.45) is -26.0. The highest BCUT2D eigenvalue weighted by Gasteiger charge is 2.83. The van der Waals surface area contributed by atoms with Crippen molar-refractivity contribution in [2.75, 3.05) is 0 Å². The molecule has 0 fully saturated rings. The maximum Gasteiger partial charge on any atom is 0.471 e. The van der Waals surface area contributed by atoms with E-state index in [0.29, 0.717) is 0 Å². The van der Waals surface area contributed by atoms with E-state index in [1.165, 1.54) is 0 Å². The summed E-state index contributed by atoms with van der Waals surface area (Å²) in [5.74, 6) is -7.48. The number of halogens is 13. The molecule has 0 aromatic rings. The van der Waals surface area contributed by atoms with Gasteiger partial charge < -0.3 is 14.5 Å². The van der Waals surface area contributed by atoms with E-state index in [1.54, 1.807) is 4.74 Å². The van der Waals surface area contributed by atoms with Gasteiger partial charge in [-0.1, -0.05) is 0 Å². The van der Waals surface area contributed by atoms with E-state index >= 15 is 0 Å². The van der Waals surface area contributed by atoms with E-state index in [1.807, 2.05) is 4.74 Å². The standard InChI is InChI=1S/C7H2F13O5P/c8-1(9)2(10)24-5(15,16)3(11,4(12,13)14)25-6(17,18)7(19,20)26(21,22)23/h(H2,21,22,23). The van der Waals surface area contributed by atoms with Crippen molar-refractivity contribution in [2.45, 2.75) is 29.9 Å². The lowest BCUT2D eigenvalue weighted by atomic mass is 10.2. The van der Waals surface area contributed by atoms with Gasteiger partial charge in [0.2, 0.25) is 0 Å². The van der Waals surface area contributed by atoms with Crippen molar-refractivity contribution >= 4 is 7.60 Å². The second kappa shape index (κ2) is 6.72. The minimum absolute atomic E-state index is 1.55. The van der Waals surface area contributed by atoms with Gasteiger partial charge >= 0.3 is 49.6 Å². The Morgan fingerprint density at radius 1 is 0.769 bits per heavy atom. The molecule has 1 atom stereocenters. The lowest BCUT2D eigenvalue weighted by molar-refractivity contribution is -0.511. The number of hydrogen-bond donors (Lipinski definition) is 2. The Balaban J connectivity index is 6.31. The first kappa shape index (κ1) is 24.7. The molecule has 0 aliphatic heterocycles. The Morgan fingerprint density at radius 2 is 1.15 bits per heavy atom. The number of hydrogen-bond acceptors (Lipinski definition) is 3. The number of rotatable bonds is 7. The summed E-state index contributed by atoms with van der Waals surface area (Å²) in [5, 5.41) is 0. The fourth-order valence-electron chi connectivity index (χ4n) is 0.907.